The van der Waals surface area contributed by atoms with Crippen LogP contribution in [0.3, 0.4) is 0 Å². The second-order valence-corrected chi connectivity index (χ2v) is 14.1. The molecule has 4 heteroatoms. The SMILES string of the molecule is Cc1ccccc1-c1ccc2c3ccccc3n(-c3cc(-c4cccc(C#N)c4)c(-n4c5ccccc5c5ccc(-c6ccccc6C)cc54)cn3)c2c1. The largest absolute Gasteiger partial charge is 0.307 e. The summed E-state index contributed by atoms with van der Waals surface area (Å²) in [4.78, 5) is 5.31. The van der Waals surface area contributed by atoms with Gasteiger partial charge in [-0.1, -0.05) is 121 Å². The molecule has 0 spiro atoms. The fourth-order valence-corrected chi connectivity index (χ4v) is 8.30. The summed E-state index contributed by atoms with van der Waals surface area (Å²) in [6.07, 6.45) is 2.02. The molecular weight excluding hydrogens is 657 g/mol. The van der Waals surface area contributed by atoms with Crippen molar-refractivity contribution >= 4 is 43.6 Å². The molecule has 0 aliphatic carbocycles. The van der Waals surface area contributed by atoms with Crippen LogP contribution in [0.5, 0.6) is 0 Å². The van der Waals surface area contributed by atoms with Crippen LogP contribution < -0.4 is 0 Å². The number of hydrogen-bond acceptors (Lipinski definition) is 2. The third-order valence-electron chi connectivity index (χ3n) is 10.9. The van der Waals surface area contributed by atoms with Gasteiger partial charge in [-0.3, -0.25) is 4.57 Å². The van der Waals surface area contributed by atoms with Gasteiger partial charge in [0.2, 0.25) is 0 Å². The second-order valence-electron chi connectivity index (χ2n) is 14.1. The Morgan fingerprint density at radius 2 is 0.963 bits per heavy atom. The first-order valence-electron chi connectivity index (χ1n) is 18.3. The number of nitrogens with zero attached hydrogens (tertiary/aromatic N) is 4. The lowest BCUT2D eigenvalue weighted by Crippen LogP contribution is -2.03. The lowest BCUT2D eigenvalue weighted by Gasteiger charge is -2.17. The Morgan fingerprint density at radius 1 is 0.444 bits per heavy atom. The van der Waals surface area contributed by atoms with Gasteiger partial charge in [0.25, 0.3) is 0 Å². The van der Waals surface area contributed by atoms with E-state index < -0.39 is 0 Å². The van der Waals surface area contributed by atoms with Crippen molar-refractivity contribution in [1.82, 2.24) is 14.1 Å². The van der Waals surface area contributed by atoms with Crippen molar-refractivity contribution in [3.63, 3.8) is 0 Å². The number of benzene rings is 7. The highest BCUT2D eigenvalue weighted by atomic mass is 15.1. The lowest BCUT2D eigenvalue weighted by molar-refractivity contribution is 1.06. The fraction of sp³-hybridized carbons (Fsp3) is 0.0400. The summed E-state index contributed by atoms with van der Waals surface area (Å²) in [5.74, 6) is 0.811. The maximum absolute atomic E-state index is 10.0. The predicted octanol–water partition coefficient (Wildman–Crippen LogP) is 12.8. The monoisotopic (exact) mass is 690 g/mol. The standard InChI is InChI=1S/C50H34N4/c1-32-12-3-5-16-38(32)36-22-24-42-40-18-7-9-20-45(40)53(47(42)27-36)49-31-52-50(29-44(49)35-15-11-14-34(26-35)30-51)54-46-21-10-8-19-41(46)43-25-23-37(28-48(43)54)39-17-6-4-13-33(39)2/h3-29,31H,1-2H3. The van der Waals surface area contributed by atoms with Crippen molar-refractivity contribution in [3.05, 3.63) is 187 Å². The first kappa shape index (κ1) is 31.5. The van der Waals surface area contributed by atoms with Gasteiger partial charge in [-0.15, -0.1) is 0 Å². The van der Waals surface area contributed by atoms with Crippen LogP contribution in [-0.4, -0.2) is 14.1 Å². The molecule has 0 saturated carbocycles. The van der Waals surface area contributed by atoms with Gasteiger partial charge in [0.1, 0.15) is 5.82 Å². The van der Waals surface area contributed by atoms with E-state index in [1.807, 2.05) is 24.4 Å². The summed E-state index contributed by atoms with van der Waals surface area (Å²) in [6, 6.07) is 60.3. The van der Waals surface area contributed by atoms with Crippen LogP contribution in [-0.2, 0) is 0 Å². The molecule has 4 nitrogen and oxygen atoms in total. The molecule has 0 atom stereocenters. The molecular formula is C50H34N4. The van der Waals surface area contributed by atoms with Crippen molar-refractivity contribution in [2.24, 2.45) is 0 Å². The van der Waals surface area contributed by atoms with Crippen molar-refractivity contribution in [2.75, 3.05) is 0 Å². The van der Waals surface area contributed by atoms with E-state index in [0.29, 0.717) is 5.56 Å². The zero-order chi connectivity index (χ0) is 36.3. The maximum Gasteiger partial charge on any atom is 0.138 e. The lowest BCUT2D eigenvalue weighted by atomic mass is 9.99. The minimum atomic E-state index is 0.612. The molecule has 7 aromatic carbocycles. The van der Waals surface area contributed by atoms with E-state index in [-0.39, 0.29) is 0 Å². The molecule has 0 aliphatic heterocycles. The Hall–Kier alpha value is -7.22. The van der Waals surface area contributed by atoms with E-state index in [9.17, 15) is 5.26 Å². The number of para-hydroxylation sites is 2. The minimum absolute atomic E-state index is 0.612. The van der Waals surface area contributed by atoms with E-state index >= 15 is 0 Å². The van der Waals surface area contributed by atoms with Crippen LogP contribution in [0.4, 0.5) is 0 Å². The number of pyridine rings is 1. The molecule has 10 rings (SSSR count). The van der Waals surface area contributed by atoms with E-state index in [4.69, 9.17) is 4.98 Å². The topological polar surface area (TPSA) is 46.5 Å². The highest BCUT2D eigenvalue weighted by Crippen LogP contribution is 2.40. The molecule has 0 N–H and O–H groups in total. The molecule has 0 radical (unpaired) electrons. The Balaban J connectivity index is 1.28. The number of rotatable bonds is 5. The smallest absolute Gasteiger partial charge is 0.138 e. The van der Waals surface area contributed by atoms with Crippen molar-refractivity contribution in [3.8, 4) is 51.0 Å². The Morgan fingerprint density at radius 3 is 1.57 bits per heavy atom. The van der Waals surface area contributed by atoms with Gasteiger partial charge in [0.15, 0.2) is 0 Å². The molecule has 0 unspecified atom stereocenters. The Bertz CT molecular complexity index is 3150. The zero-order valence-electron chi connectivity index (χ0n) is 30.0. The van der Waals surface area contributed by atoms with Crippen LogP contribution in [0.25, 0.3) is 88.5 Å². The second kappa shape index (κ2) is 12.5. The van der Waals surface area contributed by atoms with Crippen molar-refractivity contribution < 1.29 is 0 Å². The molecule has 0 saturated heterocycles. The van der Waals surface area contributed by atoms with Crippen LogP contribution in [0.2, 0.25) is 0 Å². The van der Waals surface area contributed by atoms with Gasteiger partial charge in [0.05, 0.1) is 45.6 Å². The first-order valence-corrected chi connectivity index (χ1v) is 18.3. The molecule has 254 valence electrons. The summed E-state index contributed by atoms with van der Waals surface area (Å²) in [7, 11) is 0. The van der Waals surface area contributed by atoms with Gasteiger partial charge in [-0.25, -0.2) is 4.98 Å². The van der Waals surface area contributed by atoms with E-state index in [2.05, 4.69) is 175 Å². The summed E-state index contributed by atoms with van der Waals surface area (Å²) in [5.41, 5.74) is 15.1. The van der Waals surface area contributed by atoms with Crippen LogP contribution in [0, 0.1) is 25.2 Å². The van der Waals surface area contributed by atoms with Crippen LogP contribution in [0.15, 0.2) is 170 Å². The number of hydrogen-bond donors (Lipinski definition) is 0. The molecule has 3 heterocycles. The summed E-state index contributed by atoms with van der Waals surface area (Å²) in [6.45, 7) is 4.33. The average molecular weight is 691 g/mol. The first-order chi connectivity index (χ1) is 26.6. The van der Waals surface area contributed by atoms with Gasteiger partial charge in [-0.2, -0.15) is 5.26 Å². The summed E-state index contributed by atoms with van der Waals surface area (Å²) >= 11 is 0. The molecule has 0 aliphatic rings. The predicted molar refractivity (Wildman–Crippen MR) is 223 cm³/mol. The molecule has 0 fully saturated rings. The molecule has 3 aromatic heterocycles. The fourth-order valence-electron chi connectivity index (χ4n) is 8.30. The van der Waals surface area contributed by atoms with Crippen LogP contribution in [0.1, 0.15) is 16.7 Å². The number of nitriles is 1. The van der Waals surface area contributed by atoms with Gasteiger partial charge in [0, 0.05) is 27.1 Å². The summed E-state index contributed by atoms with van der Waals surface area (Å²) in [5, 5.41) is 14.7. The maximum atomic E-state index is 10.0. The van der Waals surface area contributed by atoms with Crippen LogP contribution >= 0.6 is 0 Å². The summed E-state index contributed by atoms with van der Waals surface area (Å²) < 4.78 is 4.63. The Labute approximate surface area is 313 Å². The highest BCUT2D eigenvalue weighted by Gasteiger charge is 2.21. The molecule has 0 bridgehead atoms. The third kappa shape index (κ3) is 4.94. The van der Waals surface area contributed by atoms with Gasteiger partial charge in [-0.05, 0) is 95.3 Å². The van der Waals surface area contributed by atoms with E-state index in [1.54, 1.807) is 0 Å². The number of fused-ring (bicyclic) bond motifs is 6. The minimum Gasteiger partial charge on any atom is -0.307 e. The van der Waals surface area contributed by atoms with E-state index in [1.165, 1.54) is 43.8 Å². The Kier molecular flexibility index (Phi) is 7.28. The number of aromatic nitrogens is 3. The average Bonchev–Trinajstić information content (AvgIpc) is 3.73. The van der Waals surface area contributed by atoms with Crippen molar-refractivity contribution in [2.45, 2.75) is 13.8 Å². The number of aryl methyl sites for hydroxylation is 2. The highest BCUT2D eigenvalue weighted by molar-refractivity contribution is 6.12. The van der Waals surface area contributed by atoms with Gasteiger partial charge < -0.3 is 4.57 Å². The van der Waals surface area contributed by atoms with Gasteiger partial charge >= 0.3 is 0 Å². The third-order valence-corrected chi connectivity index (χ3v) is 10.9. The molecule has 54 heavy (non-hydrogen) atoms. The quantitative estimate of drug-likeness (QED) is 0.180. The zero-order valence-corrected chi connectivity index (χ0v) is 30.0. The van der Waals surface area contributed by atoms with E-state index in [0.717, 1.165) is 55.8 Å². The normalized spacial score (nSPS) is 11.5. The molecule has 0 amide bonds. The van der Waals surface area contributed by atoms with Crippen molar-refractivity contribution in [1.29, 1.82) is 5.26 Å². The molecule has 10 aromatic rings.